The molecular weight excluding hydrogens is 148 g/mol. The molecule has 0 radical (unpaired) electrons. The van der Waals surface area contributed by atoms with Gasteiger partial charge in [0.05, 0.1) is 7.11 Å². The molecule has 0 aromatic heterocycles. The smallest absolute Gasteiger partial charge is 0.340 e. The zero-order chi connectivity index (χ0) is 8.27. The normalized spacial score (nSPS) is 21.9. The Labute approximate surface area is 62.8 Å². The molecule has 1 heterocycles. The predicted octanol–water partition coefficient (Wildman–Crippen LogP) is -0.790. The average Bonchev–Trinajstić information content (AvgIpc) is 2.04. The molecule has 5 heteroatoms. The van der Waals surface area contributed by atoms with E-state index in [9.17, 15) is 9.59 Å². The Bertz CT molecular complexity index is 244. The van der Waals surface area contributed by atoms with Gasteiger partial charge in [0, 0.05) is 12.4 Å². The fraction of sp³-hybridized carbons (Fsp3) is 0.333. The molecule has 1 rings (SSSR count). The highest BCUT2D eigenvalue weighted by atomic mass is 16.5. The monoisotopic (exact) mass is 154 g/mol. The molecule has 0 aromatic rings. The minimum absolute atomic E-state index is 0.584. The van der Waals surface area contributed by atoms with E-state index in [1.807, 2.05) is 0 Å². The molecule has 1 aliphatic rings. The van der Waals surface area contributed by atoms with Gasteiger partial charge in [0.15, 0.2) is 0 Å². The van der Waals surface area contributed by atoms with Gasteiger partial charge in [0.2, 0.25) is 6.04 Å². The van der Waals surface area contributed by atoms with Crippen LogP contribution in [0.1, 0.15) is 0 Å². The third kappa shape index (κ3) is 1.49. The van der Waals surface area contributed by atoms with E-state index in [1.54, 1.807) is 0 Å². The van der Waals surface area contributed by atoms with Gasteiger partial charge in [-0.2, -0.15) is 0 Å². The van der Waals surface area contributed by atoms with Gasteiger partial charge in [-0.25, -0.2) is 9.79 Å². The SMILES string of the molecule is COC(=O)C1N=CC=NC1=O. The number of amides is 1. The summed E-state index contributed by atoms with van der Waals surface area (Å²) in [4.78, 5) is 28.5. The van der Waals surface area contributed by atoms with E-state index < -0.39 is 17.9 Å². The third-order valence-corrected chi connectivity index (χ3v) is 1.16. The largest absolute Gasteiger partial charge is 0.467 e. The number of esters is 1. The number of hydrogen-bond donors (Lipinski definition) is 0. The maximum Gasteiger partial charge on any atom is 0.340 e. The molecule has 58 valence electrons. The first-order valence-corrected chi connectivity index (χ1v) is 2.93. The molecule has 0 aromatic carbocycles. The Kier molecular flexibility index (Phi) is 2.10. The van der Waals surface area contributed by atoms with Gasteiger partial charge in [-0.05, 0) is 0 Å². The number of hydrogen-bond acceptors (Lipinski definition) is 4. The summed E-state index contributed by atoms with van der Waals surface area (Å²) in [5.41, 5.74) is 0. The minimum atomic E-state index is -1.09. The van der Waals surface area contributed by atoms with Crippen molar-refractivity contribution in [3.8, 4) is 0 Å². The predicted molar refractivity (Wildman–Crippen MR) is 37.8 cm³/mol. The molecule has 0 spiro atoms. The lowest BCUT2D eigenvalue weighted by molar-refractivity contribution is -0.144. The van der Waals surface area contributed by atoms with Crippen LogP contribution < -0.4 is 0 Å². The minimum Gasteiger partial charge on any atom is -0.467 e. The van der Waals surface area contributed by atoms with Gasteiger partial charge in [-0.3, -0.25) is 9.79 Å². The fourth-order valence-corrected chi connectivity index (χ4v) is 0.639. The number of carbonyl (C=O) groups excluding carboxylic acids is 2. The van der Waals surface area contributed by atoms with Crippen LogP contribution in [-0.4, -0.2) is 37.5 Å². The molecule has 0 aliphatic carbocycles. The van der Waals surface area contributed by atoms with Crippen molar-refractivity contribution in [3.05, 3.63) is 0 Å². The molecule has 11 heavy (non-hydrogen) atoms. The zero-order valence-corrected chi connectivity index (χ0v) is 5.85. The Balaban J connectivity index is 2.73. The van der Waals surface area contributed by atoms with E-state index in [4.69, 9.17) is 0 Å². The molecular formula is C6H6N2O3. The van der Waals surface area contributed by atoms with Crippen molar-refractivity contribution >= 4 is 24.3 Å². The van der Waals surface area contributed by atoms with E-state index in [0.29, 0.717) is 0 Å². The van der Waals surface area contributed by atoms with Crippen LogP contribution >= 0.6 is 0 Å². The lowest BCUT2D eigenvalue weighted by Crippen LogP contribution is -2.30. The lowest BCUT2D eigenvalue weighted by Gasteiger charge is -2.06. The molecule has 0 bridgehead atoms. The second-order valence-corrected chi connectivity index (χ2v) is 1.84. The van der Waals surface area contributed by atoms with Gasteiger partial charge < -0.3 is 4.74 Å². The van der Waals surface area contributed by atoms with Gasteiger partial charge in [0.25, 0.3) is 5.91 Å². The topological polar surface area (TPSA) is 68.1 Å². The molecule has 1 atom stereocenters. The van der Waals surface area contributed by atoms with E-state index in [1.165, 1.54) is 19.5 Å². The van der Waals surface area contributed by atoms with Crippen LogP contribution in [0.4, 0.5) is 0 Å². The summed E-state index contributed by atoms with van der Waals surface area (Å²) in [5.74, 6) is -1.26. The highest BCUT2D eigenvalue weighted by molar-refractivity contribution is 6.24. The van der Waals surface area contributed by atoms with Crippen molar-refractivity contribution in [2.75, 3.05) is 7.11 Å². The number of methoxy groups -OCH3 is 1. The number of nitrogens with zero attached hydrogens (tertiary/aromatic N) is 2. The molecule has 1 amide bonds. The maximum absolute atomic E-state index is 10.8. The Morgan fingerprint density at radius 2 is 2.36 bits per heavy atom. The first-order chi connectivity index (χ1) is 5.25. The maximum atomic E-state index is 10.8. The van der Waals surface area contributed by atoms with E-state index in [0.717, 1.165) is 0 Å². The highest BCUT2D eigenvalue weighted by Gasteiger charge is 2.26. The van der Waals surface area contributed by atoms with E-state index in [2.05, 4.69) is 14.7 Å². The summed E-state index contributed by atoms with van der Waals surface area (Å²) in [6.45, 7) is 0. The summed E-state index contributed by atoms with van der Waals surface area (Å²) in [7, 11) is 1.20. The van der Waals surface area contributed by atoms with Crippen molar-refractivity contribution < 1.29 is 14.3 Å². The second-order valence-electron chi connectivity index (χ2n) is 1.84. The van der Waals surface area contributed by atoms with Crippen LogP contribution in [0.25, 0.3) is 0 Å². The number of aliphatic imine (C=N–C) groups is 2. The quantitative estimate of drug-likeness (QED) is 0.367. The lowest BCUT2D eigenvalue weighted by atomic mass is 10.3. The summed E-state index contributed by atoms with van der Waals surface area (Å²) < 4.78 is 4.31. The fourth-order valence-electron chi connectivity index (χ4n) is 0.639. The van der Waals surface area contributed by atoms with E-state index in [-0.39, 0.29) is 0 Å². The average molecular weight is 154 g/mol. The van der Waals surface area contributed by atoms with Crippen molar-refractivity contribution in [2.45, 2.75) is 6.04 Å². The van der Waals surface area contributed by atoms with E-state index >= 15 is 0 Å². The molecule has 5 nitrogen and oxygen atoms in total. The Hall–Kier alpha value is -1.52. The summed E-state index contributed by atoms with van der Waals surface area (Å²) in [6, 6.07) is -1.09. The van der Waals surface area contributed by atoms with Crippen LogP contribution in [0.5, 0.6) is 0 Å². The van der Waals surface area contributed by atoms with Crippen LogP contribution in [0.3, 0.4) is 0 Å². The molecule has 1 aliphatic heterocycles. The second kappa shape index (κ2) is 3.05. The summed E-state index contributed by atoms with van der Waals surface area (Å²) in [6.07, 6.45) is 2.53. The van der Waals surface area contributed by atoms with Gasteiger partial charge in [-0.15, -0.1) is 0 Å². The number of carbonyl (C=O) groups is 2. The van der Waals surface area contributed by atoms with Gasteiger partial charge in [0.1, 0.15) is 0 Å². The number of ether oxygens (including phenoxy) is 1. The third-order valence-electron chi connectivity index (χ3n) is 1.16. The van der Waals surface area contributed by atoms with Crippen LogP contribution in [0.2, 0.25) is 0 Å². The number of rotatable bonds is 1. The van der Waals surface area contributed by atoms with Crippen molar-refractivity contribution in [1.82, 2.24) is 0 Å². The van der Waals surface area contributed by atoms with Gasteiger partial charge >= 0.3 is 5.97 Å². The van der Waals surface area contributed by atoms with Crippen LogP contribution in [-0.2, 0) is 14.3 Å². The van der Waals surface area contributed by atoms with Crippen molar-refractivity contribution in [2.24, 2.45) is 9.98 Å². The first-order valence-electron chi connectivity index (χ1n) is 2.93. The molecule has 0 saturated carbocycles. The zero-order valence-electron chi connectivity index (χ0n) is 5.85. The van der Waals surface area contributed by atoms with Crippen LogP contribution in [0.15, 0.2) is 9.98 Å². The Morgan fingerprint density at radius 1 is 1.64 bits per heavy atom. The van der Waals surface area contributed by atoms with Crippen molar-refractivity contribution in [1.29, 1.82) is 0 Å². The molecule has 0 fully saturated rings. The standard InChI is InChI=1S/C6H6N2O3/c1-11-6(10)4-5(9)8-3-2-7-4/h2-4H,1H3. The highest BCUT2D eigenvalue weighted by Crippen LogP contribution is 1.99. The Morgan fingerprint density at radius 3 is 2.91 bits per heavy atom. The molecule has 0 saturated heterocycles. The van der Waals surface area contributed by atoms with Crippen LogP contribution in [0, 0.1) is 0 Å². The molecule has 0 N–H and O–H groups in total. The van der Waals surface area contributed by atoms with Gasteiger partial charge in [-0.1, -0.05) is 0 Å². The summed E-state index contributed by atoms with van der Waals surface area (Å²) >= 11 is 0. The van der Waals surface area contributed by atoms with Crippen molar-refractivity contribution in [3.63, 3.8) is 0 Å². The first kappa shape index (κ1) is 7.59. The summed E-state index contributed by atoms with van der Waals surface area (Å²) in [5, 5.41) is 0. The molecule has 1 unspecified atom stereocenters.